The fourth-order valence-corrected chi connectivity index (χ4v) is 3.90. The van der Waals surface area contributed by atoms with E-state index in [1.807, 2.05) is 60.7 Å². The van der Waals surface area contributed by atoms with Gasteiger partial charge in [0.1, 0.15) is 11.4 Å². The fourth-order valence-electron chi connectivity index (χ4n) is 3.31. The van der Waals surface area contributed by atoms with Crippen molar-refractivity contribution in [3.63, 3.8) is 0 Å². The third kappa shape index (κ3) is 4.81. The molecular formula is C24H16F2N4O3S. The number of benzene rings is 3. The summed E-state index contributed by atoms with van der Waals surface area (Å²) in [6, 6.07) is 23.2. The van der Waals surface area contributed by atoms with Crippen LogP contribution in [-0.4, -0.2) is 33.1 Å². The average molecular weight is 478 g/mol. The van der Waals surface area contributed by atoms with Gasteiger partial charge in [-0.05, 0) is 12.1 Å². The largest absolute Gasteiger partial charge is 0.586 e. The van der Waals surface area contributed by atoms with E-state index in [0.29, 0.717) is 22.2 Å². The Balaban J connectivity index is 1.31. The van der Waals surface area contributed by atoms with Crippen LogP contribution < -0.4 is 14.8 Å². The zero-order chi connectivity index (χ0) is 23.5. The number of halogens is 2. The summed E-state index contributed by atoms with van der Waals surface area (Å²) < 4.78 is 35.1. The van der Waals surface area contributed by atoms with Gasteiger partial charge in [-0.1, -0.05) is 72.4 Å². The SMILES string of the molecule is O=C(CSc1nnc(-c2ccccc2)c(-c2ccccc2)n1)Nc1ccc2c(c1)OC(F)(F)O2. The van der Waals surface area contributed by atoms with E-state index in [1.54, 1.807) is 0 Å². The molecule has 1 aliphatic heterocycles. The van der Waals surface area contributed by atoms with E-state index in [1.165, 1.54) is 18.2 Å². The Morgan fingerprint density at radius 1 is 0.853 bits per heavy atom. The van der Waals surface area contributed by atoms with Crippen LogP contribution in [0, 0.1) is 0 Å². The van der Waals surface area contributed by atoms with Crippen LogP contribution in [0.15, 0.2) is 84.0 Å². The molecule has 0 atom stereocenters. The van der Waals surface area contributed by atoms with E-state index in [9.17, 15) is 13.6 Å². The average Bonchev–Trinajstić information content (AvgIpc) is 3.17. The lowest BCUT2D eigenvalue weighted by atomic mass is 10.0. The molecule has 0 saturated carbocycles. The molecule has 0 saturated heterocycles. The highest BCUT2D eigenvalue weighted by atomic mass is 32.2. The summed E-state index contributed by atoms with van der Waals surface area (Å²) in [6.07, 6.45) is -3.71. The molecule has 1 amide bonds. The number of nitrogens with zero attached hydrogens (tertiary/aromatic N) is 3. The molecule has 0 radical (unpaired) electrons. The Labute approximate surface area is 197 Å². The summed E-state index contributed by atoms with van der Waals surface area (Å²) in [7, 11) is 0. The number of amides is 1. The molecule has 1 aliphatic rings. The summed E-state index contributed by atoms with van der Waals surface area (Å²) in [5, 5.41) is 11.5. The lowest BCUT2D eigenvalue weighted by molar-refractivity contribution is -0.286. The molecule has 10 heteroatoms. The Morgan fingerprint density at radius 3 is 2.21 bits per heavy atom. The van der Waals surface area contributed by atoms with Crippen molar-refractivity contribution in [1.29, 1.82) is 0 Å². The van der Waals surface area contributed by atoms with Crippen molar-refractivity contribution in [3.8, 4) is 34.0 Å². The van der Waals surface area contributed by atoms with Crippen molar-refractivity contribution in [3.05, 3.63) is 78.9 Å². The van der Waals surface area contributed by atoms with Gasteiger partial charge in [0.25, 0.3) is 0 Å². The van der Waals surface area contributed by atoms with Crippen molar-refractivity contribution in [2.75, 3.05) is 11.1 Å². The minimum atomic E-state index is -3.71. The predicted octanol–water partition coefficient (Wildman–Crippen LogP) is 5.26. The Morgan fingerprint density at radius 2 is 1.50 bits per heavy atom. The van der Waals surface area contributed by atoms with Crippen molar-refractivity contribution in [1.82, 2.24) is 15.2 Å². The minimum absolute atomic E-state index is 0.00874. The van der Waals surface area contributed by atoms with Gasteiger partial charge < -0.3 is 14.8 Å². The molecule has 3 aromatic carbocycles. The molecule has 7 nitrogen and oxygen atoms in total. The Hall–Kier alpha value is -4.05. The molecule has 170 valence electrons. The van der Waals surface area contributed by atoms with Gasteiger partial charge in [0.05, 0.1) is 5.75 Å². The van der Waals surface area contributed by atoms with Gasteiger partial charge in [-0.25, -0.2) is 4.98 Å². The standard InChI is InChI=1S/C24H16F2N4O3S/c25-24(26)32-18-12-11-17(13-19(18)33-24)27-20(31)14-34-23-28-21(15-7-3-1-4-8-15)22(29-30-23)16-9-5-2-6-10-16/h1-13H,14H2,(H,27,31). The van der Waals surface area contributed by atoms with Crippen molar-refractivity contribution in [2.45, 2.75) is 11.5 Å². The smallest absolute Gasteiger partial charge is 0.395 e. The Kier molecular flexibility index (Phi) is 5.81. The second kappa shape index (κ2) is 9.06. The zero-order valence-electron chi connectivity index (χ0n) is 17.4. The molecule has 0 fully saturated rings. The van der Waals surface area contributed by atoms with Crippen LogP contribution in [0.4, 0.5) is 14.5 Å². The maximum Gasteiger partial charge on any atom is 0.586 e. The molecule has 4 aromatic rings. The number of aromatic nitrogens is 3. The number of nitrogens with one attached hydrogen (secondary N) is 1. The number of rotatable bonds is 6. The first kappa shape index (κ1) is 21.8. The maximum absolute atomic E-state index is 13.2. The van der Waals surface area contributed by atoms with Crippen molar-refractivity contribution in [2.24, 2.45) is 0 Å². The lowest BCUT2D eigenvalue weighted by Crippen LogP contribution is -2.25. The third-order valence-electron chi connectivity index (χ3n) is 4.78. The summed E-state index contributed by atoms with van der Waals surface area (Å²) in [4.78, 5) is 17.1. The molecule has 1 aromatic heterocycles. The van der Waals surface area contributed by atoms with Crippen molar-refractivity contribution < 1.29 is 23.0 Å². The highest BCUT2D eigenvalue weighted by molar-refractivity contribution is 7.99. The number of carbonyl (C=O) groups is 1. The number of thioether (sulfide) groups is 1. The second-order valence-corrected chi connectivity index (χ2v) is 8.13. The summed E-state index contributed by atoms with van der Waals surface area (Å²) in [5.74, 6) is -0.617. The second-order valence-electron chi connectivity index (χ2n) is 7.19. The van der Waals surface area contributed by atoms with Crippen LogP contribution in [0.3, 0.4) is 0 Å². The van der Waals surface area contributed by atoms with E-state index < -0.39 is 6.29 Å². The quantitative estimate of drug-likeness (QED) is 0.379. The highest BCUT2D eigenvalue weighted by Gasteiger charge is 2.43. The van der Waals surface area contributed by atoms with E-state index in [2.05, 4.69) is 30.0 Å². The van der Waals surface area contributed by atoms with Gasteiger partial charge in [0.2, 0.25) is 11.1 Å². The van der Waals surface area contributed by atoms with Crippen LogP contribution in [0.5, 0.6) is 11.5 Å². The van der Waals surface area contributed by atoms with Gasteiger partial charge in [-0.3, -0.25) is 4.79 Å². The minimum Gasteiger partial charge on any atom is -0.395 e. The van der Waals surface area contributed by atoms with Gasteiger partial charge in [0, 0.05) is 22.9 Å². The van der Waals surface area contributed by atoms with Gasteiger partial charge in [0.15, 0.2) is 11.5 Å². The number of fused-ring (bicyclic) bond motifs is 1. The van der Waals surface area contributed by atoms with Crippen molar-refractivity contribution >= 4 is 23.4 Å². The lowest BCUT2D eigenvalue weighted by Gasteiger charge is -2.09. The number of hydrogen-bond donors (Lipinski definition) is 1. The van der Waals surface area contributed by atoms with Crippen LogP contribution in [0.2, 0.25) is 0 Å². The molecular weight excluding hydrogens is 462 g/mol. The molecule has 0 spiro atoms. The summed E-state index contributed by atoms with van der Waals surface area (Å²) >= 11 is 1.11. The zero-order valence-corrected chi connectivity index (χ0v) is 18.3. The summed E-state index contributed by atoms with van der Waals surface area (Å²) in [5.41, 5.74) is 3.34. The fraction of sp³-hybridized carbons (Fsp3) is 0.0833. The number of anilines is 1. The molecule has 0 unspecified atom stereocenters. The first-order chi connectivity index (χ1) is 16.5. The molecule has 2 heterocycles. The Bertz CT molecular complexity index is 1340. The molecule has 0 aliphatic carbocycles. The van der Waals surface area contributed by atoms with Crippen LogP contribution >= 0.6 is 11.8 Å². The van der Waals surface area contributed by atoms with Gasteiger partial charge in [-0.15, -0.1) is 19.0 Å². The van der Waals surface area contributed by atoms with Crippen LogP contribution in [0.25, 0.3) is 22.5 Å². The molecule has 1 N–H and O–H groups in total. The van der Waals surface area contributed by atoms with E-state index in [4.69, 9.17) is 0 Å². The first-order valence-electron chi connectivity index (χ1n) is 10.1. The number of alkyl halides is 2. The number of ether oxygens (including phenoxy) is 2. The van der Waals surface area contributed by atoms with Gasteiger partial charge in [-0.2, -0.15) is 0 Å². The first-order valence-corrected chi connectivity index (χ1v) is 11.1. The third-order valence-corrected chi connectivity index (χ3v) is 5.62. The molecule has 34 heavy (non-hydrogen) atoms. The predicted molar refractivity (Wildman–Crippen MR) is 123 cm³/mol. The van der Waals surface area contributed by atoms with E-state index in [0.717, 1.165) is 22.9 Å². The number of carbonyl (C=O) groups excluding carboxylic acids is 1. The summed E-state index contributed by atoms with van der Waals surface area (Å²) in [6.45, 7) is 0. The molecule has 0 bridgehead atoms. The normalized spacial score (nSPS) is 13.5. The van der Waals surface area contributed by atoms with Crippen LogP contribution in [0.1, 0.15) is 0 Å². The topological polar surface area (TPSA) is 86.2 Å². The van der Waals surface area contributed by atoms with E-state index in [-0.39, 0.29) is 23.2 Å². The number of hydrogen-bond acceptors (Lipinski definition) is 7. The molecule has 5 rings (SSSR count). The maximum atomic E-state index is 13.2. The monoisotopic (exact) mass is 478 g/mol. The van der Waals surface area contributed by atoms with Crippen LogP contribution in [-0.2, 0) is 4.79 Å². The van der Waals surface area contributed by atoms with Gasteiger partial charge >= 0.3 is 6.29 Å². The van der Waals surface area contributed by atoms with E-state index >= 15 is 0 Å². The highest BCUT2D eigenvalue weighted by Crippen LogP contribution is 2.42.